The Kier molecular flexibility index (Phi) is 4.54. The van der Waals surface area contributed by atoms with Crippen LogP contribution in [0.15, 0.2) is 18.2 Å². The molecule has 1 nitrogen and oxygen atoms in total. The van der Waals surface area contributed by atoms with E-state index in [2.05, 4.69) is 26.0 Å². The first-order valence-corrected chi connectivity index (χ1v) is 5.87. The molecule has 1 rings (SSSR count). The van der Waals surface area contributed by atoms with Gasteiger partial charge in [-0.2, -0.15) is 0 Å². The Balaban J connectivity index is 2.97. The third kappa shape index (κ3) is 2.92. The number of ketones is 1. The highest BCUT2D eigenvalue weighted by molar-refractivity contribution is 5.96. The monoisotopic (exact) mass is 204 g/mol. The number of carbonyl (C=O) groups is 1. The smallest absolute Gasteiger partial charge is 0.162 e. The van der Waals surface area contributed by atoms with Gasteiger partial charge in [-0.25, -0.2) is 0 Å². The minimum absolute atomic E-state index is 0.273. The molecular weight excluding hydrogens is 184 g/mol. The van der Waals surface area contributed by atoms with Gasteiger partial charge in [-0.3, -0.25) is 4.79 Å². The van der Waals surface area contributed by atoms with Crippen LogP contribution in [0, 0.1) is 0 Å². The Morgan fingerprint density at radius 1 is 1.07 bits per heavy atom. The molecule has 1 heteroatoms. The number of hydrogen-bond donors (Lipinski definition) is 0. The summed E-state index contributed by atoms with van der Waals surface area (Å²) < 4.78 is 0. The van der Waals surface area contributed by atoms with Crippen molar-refractivity contribution in [1.29, 1.82) is 0 Å². The van der Waals surface area contributed by atoms with E-state index in [0.717, 1.165) is 24.8 Å². The lowest BCUT2D eigenvalue weighted by Crippen LogP contribution is -2.01. The summed E-state index contributed by atoms with van der Waals surface area (Å²) in [4.78, 5) is 11.7. The second-order valence-electron chi connectivity index (χ2n) is 3.86. The molecule has 0 saturated heterocycles. The van der Waals surface area contributed by atoms with Gasteiger partial charge in [0.1, 0.15) is 0 Å². The summed E-state index contributed by atoms with van der Waals surface area (Å²) in [5, 5.41) is 0. The van der Waals surface area contributed by atoms with Crippen molar-refractivity contribution in [3.8, 4) is 0 Å². The number of Topliss-reactive ketones (excluding diaryl/α,β-unsaturated/α-hetero) is 1. The molecule has 0 amide bonds. The second kappa shape index (κ2) is 5.69. The summed E-state index contributed by atoms with van der Waals surface area (Å²) in [6.07, 6.45) is 3.65. The SMILES string of the molecule is CCCC(=O)c1ccc(CC)c(CC)c1. The van der Waals surface area contributed by atoms with E-state index < -0.39 is 0 Å². The number of benzene rings is 1. The summed E-state index contributed by atoms with van der Waals surface area (Å²) in [5.41, 5.74) is 3.57. The summed E-state index contributed by atoms with van der Waals surface area (Å²) in [6, 6.07) is 6.13. The van der Waals surface area contributed by atoms with E-state index in [9.17, 15) is 4.79 Å². The summed E-state index contributed by atoms with van der Waals surface area (Å²) in [5.74, 6) is 0.273. The Morgan fingerprint density at radius 3 is 2.27 bits per heavy atom. The van der Waals surface area contributed by atoms with E-state index in [4.69, 9.17) is 0 Å². The van der Waals surface area contributed by atoms with Gasteiger partial charge in [-0.1, -0.05) is 32.9 Å². The number of aryl methyl sites for hydroxylation is 2. The van der Waals surface area contributed by atoms with Gasteiger partial charge in [0.2, 0.25) is 0 Å². The zero-order valence-corrected chi connectivity index (χ0v) is 9.97. The van der Waals surface area contributed by atoms with E-state index in [1.165, 1.54) is 11.1 Å². The Bertz CT molecular complexity index is 339. The standard InChI is InChI=1S/C14H20O/c1-4-7-14(15)13-9-8-11(5-2)12(6-3)10-13/h8-10H,4-7H2,1-3H3. The van der Waals surface area contributed by atoms with Gasteiger partial charge in [0.25, 0.3) is 0 Å². The molecule has 0 aromatic heterocycles. The normalized spacial score (nSPS) is 10.3. The van der Waals surface area contributed by atoms with Crippen molar-refractivity contribution in [2.24, 2.45) is 0 Å². The molecule has 0 N–H and O–H groups in total. The fourth-order valence-corrected chi connectivity index (χ4v) is 1.84. The Morgan fingerprint density at radius 2 is 1.73 bits per heavy atom. The van der Waals surface area contributed by atoms with Crippen molar-refractivity contribution < 1.29 is 4.79 Å². The molecule has 0 aliphatic carbocycles. The third-order valence-corrected chi connectivity index (χ3v) is 2.77. The molecule has 82 valence electrons. The first kappa shape index (κ1) is 12.0. The topological polar surface area (TPSA) is 17.1 Å². The lowest BCUT2D eigenvalue weighted by Gasteiger charge is -2.07. The van der Waals surface area contributed by atoms with Crippen molar-refractivity contribution in [2.75, 3.05) is 0 Å². The fourth-order valence-electron chi connectivity index (χ4n) is 1.84. The Labute approximate surface area is 92.5 Å². The predicted octanol–water partition coefficient (Wildman–Crippen LogP) is 3.79. The van der Waals surface area contributed by atoms with Crippen LogP contribution in [0.3, 0.4) is 0 Å². The van der Waals surface area contributed by atoms with Crippen molar-refractivity contribution in [3.63, 3.8) is 0 Å². The molecule has 0 unspecified atom stereocenters. The van der Waals surface area contributed by atoms with Gasteiger partial charge >= 0.3 is 0 Å². The van der Waals surface area contributed by atoms with Crippen molar-refractivity contribution in [1.82, 2.24) is 0 Å². The maximum absolute atomic E-state index is 11.7. The van der Waals surface area contributed by atoms with Crippen LogP contribution in [0.2, 0.25) is 0 Å². The molecule has 0 radical (unpaired) electrons. The van der Waals surface area contributed by atoms with Crippen molar-refractivity contribution in [2.45, 2.75) is 46.5 Å². The number of rotatable bonds is 5. The van der Waals surface area contributed by atoms with Crippen LogP contribution >= 0.6 is 0 Å². The average molecular weight is 204 g/mol. The van der Waals surface area contributed by atoms with Gasteiger partial charge in [0.05, 0.1) is 0 Å². The van der Waals surface area contributed by atoms with Crippen LogP contribution in [-0.2, 0) is 12.8 Å². The van der Waals surface area contributed by atoms with Crippen LogP contribution in [0.25, 0.3) is 0 Å². The fraction of sp³-hybridized carbons (Fsp3) is 0.500. The minimum Gasteiger partial charge on any atom is -0.294 e. The maximum atomic E-state index is 11.7. The van der Waals surface area contributed by atoms with E-state index >= 15 is 0 Å². The summed E-state index contributed by atoms with van der Waals surface area (Å²) >= 11 is 0. The lowest BCUT2D eigenvalue weighted by atomic mass is 9.97. The predicted molar refractivity (Wildman–Crippen MR) is 64.4 cm³/mol. The van der Waals surface area contributed by atoms with Crippen LogP contribution in [0.1, 0.15) is 55.1 Å². The molecule has 0 spiro atoms. The molecule has 1 aromatic rings. The average Bonchev–Trinajstić information content (AvgIpc) is 2.28. The lowest BCUT2D eigenvalue weighted by molar-refractivity contribution is 0.0981. The largest absolute Gasteiger partial charge is 0.294 e. The molecule has 15 heavy (non-hydrogen) atoms. The molecule has 0 aliphatic heterocycles. The quantitative estimate of drug-likeness (QED) is 0.667. The highest BCUT2D eigenvalue weighted by Gasteiger charge is 2.07. The van der Waals surface area contributed by atoms with Gasteiger partial charge < -0.3 is 0 Å². The number of carbonyl (C=O) groups excluding carboxylic acids is 1. The molecular formula is C14H20O. The first-order chi connectivity index (χ1) is 7.22. The first-order valence-electron chi connectivity index (χ1n) is 5.87. The molecule has 0 fully saturated rings. The third-order valence-electron chi connectivity index (χ3n) is 2.77. The molecule has 0 heterocycles. The summed E-state index contributed by atoms with van der Waals surface area (Å²) in [6.45, 7) is 6.34. The van der Waals surface area contributed by atoms with E-state index in [-0.39, 0.29) is 5.78 Å². The van der Waals surface area contributed by atoms with E-state index in [0.29, 0.717) is 6.42 Å². The maximum Gasteiger partial charge on any atom is 0.162 e. The van der Waals surface area contributed by atoms with Crippen molar-refractivity contribution in [3.05, 3.63) is 34.9 Å². The van der Waals surface area contributed by atoms with Crippen LogP contribution in [0.5, 0.6) is 0 Å². The zero-order chi connectivity index (χ0) is 11.3. The zero-order valence-electron chi connectivity index (χ0n) is 9.97. The second-order valence-corrected chi connectivity index (χ2v) is 3.86. The van der Waals surface area contributed by atoms with Crippen LogP contribution < -0.4 is 0 Å². The highest BCUT2D eigenvalue weighted by Crippen LogP contribution is 2.15. The number of hydrogen-bond acceptors (Lipinski definition) is 1. The molecule has 0 bridgehead atoms. The van der Waals surface area contributed by atoms with Gasteiger partial charge in [0.15, 0.2) is 5.78 Å². The summed E-state index contributed by atoms with van der Waals surface area (Å²) in [7, 11) is 0. The van der Waals surface area contributed by atoms with E-state index in [1.54, 1.807) is 0 Å². The van der Waals surface area contributed by atoms with Gasteiger partial charge in [-0.15, -0.1) is 0 Å². The van der Waals surface area contributed by atoms with Gasteiger partial charge in [0, 0.05) is 12.0 Å². The molecule has 1 aromatic carbocycles. The van der Waals surface area contributed by atoms with Crippen LogP contribution in [0.4, 0.5) is 0 Å². The molecule has 0 saturated carbocycles. The molecule has 0 atom stereocenters. The Hall–Kier alpha value is -1.11. The highest BCUT2D eigenvalue weighted by atomic mass is 16.1. The van der Waals surface area contributed by atoms with E-state index in [1.807, 2.05) is 13.0 Å². The van der Waals surface area contributed by atoms with Gasteiger partial charge in [-0.05, 0) is 36.5 Å². The van der Waals surface area contributed by atoms with Crippen LogP contribution in [-0.4, -0.2) is 5.78 Å². The minimum atomic E-state index is 0.273. The van der Waals surface area contributed by atoms with Crippen molar-refractivity contribution >= 4 is 5.78 Å². The molecule has 0 aliphatic rings.